The van der Waals surface area contributed by atoms with Crippen molar-refractivity contribution in [3.05, 3.63) is 0 Å². The number of ether oxygens (including phenoxy) is 1. The van der Waals surface area contributed by atoms with Crippen LogP contribution in [0.3, 0.4) is 0 Å². The number of fused-ring (bicyclic) bond motifs is 1. The maximum atomic E-state index is 11.2. The zero-order chi connectivity index (χ0) is 10.1. The van der Waals surface area contributed by atoms with E-state index in [9.17, 15) is 4.79 Å². The number of amides is 2. The molecule has 5 nitrogen and oxygen atoms in total. The van der Waals surface area contributed by atoms with Crippen molar-refractivity contribution >= 4 is 6.03 Å². The highest BCUT2D eigenvalue weighted by Gasteiger charge is 2.52. The third-order valence-corrected chi connectivity index (χ3v) is 3.08. The van der Waals surface area contributed by atoms with Crippen LogP contribution >= 0.6 is 0 Å². The standard InChI is InChI=1S/C9H17N3O2/c1-2-11-9(13)12-7-6(10)5-3-4-14-8(5)7/h5-8H,2-4,10H2,1H3,(H2,11,12,13). The third kappa shape index (κ3) is 1.46. The van der Waals surface area contributed by atoms with Crippen LogP contribution < -0.4 is 16.4 Å². The number of rotatable bonds is 2. The fourth-order valence-electron chi connectivity index (χ4n) is 2.29. The first-order valence-electron chi connectivity index (χ1n) is 5.15. The van der Waals surface area contributed by atoms with Gasteiger partial charge in [0.1, 0.15) is 0 Å². The molecular weight excluding hydrogens is 182 g/mol. The van der Waals surface area contributed by atoms with Crippen molar-refractivity contribution in [1.82, 2.24) is 10.6 Å². The molecule has 4 unspecified atom stereocenters. The molecule has 2 fully saturated rings. The minimum Gasteiger partial charge on any atom is -0.376 e. The van der Waals surface area contributed by atoms with Crippen LogP contribution in [0.1, 0.15) is 13.3 Å². The van der Waals surface area contributed by atoms with E-state index in [1.807, 2.05) is 6.92 Å². The van der Waals surface area contributed by atoms with Gasteiger partial charge in [0.05, 0.1) is 12.1 Å². The number of nitrogens with two attached hydrogens (primary N) is 1. The van der Waals surface area contributed by atoms with E-state index >= 15 is 0 Å². The van der Waals surface area contributed by atoms with Crippen LogP contribution in [-0.2, 0) is 4.74 Å². The lowest BCUT2D eigenvalue weighted by Gasteiger charge is -2.45. The molecule has 5 heteroatoms. The summed E-state index contributed by atoms with van der Waals surface area (Å²) in [4.78, 5) is 11.2. The average molecular weight is 199 g/mol. The summed E-state index contributed by atoms with van der Waals surface area (Å²) in [6.45, 7) is 3.29. The highest BCUT2D eigenvalue weighted by atomic mass is 16.5. The summed E-state index contributed by atoms with van der Waals surface area (Å²) < 4.78 is 5.49. The molecule has 2 rings (SSSR count). The molecule has 1 aliphatic heterocycles. The minimum atomic E-state index is -0.151. The number of carbonyl (C=O) groups excluding carboxylic acids is 1. The monoisotopic (exact) mass is 199 g/mol. The number of carbonyl (C=O) groups is 1. The molecule has 2 amide bonds. The summed E-state index contributed by atoms with van der Waals surface area (Å²) in [6, 6.07) is -0.0962. The van der Waals surface area contributed by atoms with E-state index in [-0.39, 0.29) is 24.2 Å². The Morgan fingerprint density at radius 1 is 1.64 bits per heavy atom. The van der Waals surface area contributed by atoms with E-state index in [0.29, 0.717) is 12.5 Å². The summed E-state index contributed by atoms with van der Waals surface area (Å²) in [5.41, 5.74) is 5.93. The normalized spacial score (nSPS) is 39.9. The second-order valence-corrected chi connectivity index (χ2v) is 3.89. The Hall–Kier alpha value is -0.810. The quantitative estimate of drug-likeness (QED) is 0.557. The molecule has 4 atom stereocenters. The van der Waals surface area contributed by atoms with Crippen LogP contribution in [0.25, 0.3) is 0 Å². The Morgan fingerprint density at radius 3 is 3.14 bits per heavy atom. The molecule has 1 aliphatic carbocycles. The molecule has 2 aliphatic rings. The molecular formula is C9H17N3O2. The number of hydrogen-bond donors (Lipinski definition) is 3. The Kier molecular flexibility index (Phi) is 2.60. The van der Waals surface area contributed by atoms with E-state index in [1.165, 1.54) is 0 Å². The van der Waals surface area contributed by atoms with Gasteiger partial charge in [-0.05, 0) is 13.3 Å². The molecule has 1 heterocycles. The highest BCUT2D eigenvalue weighted by molar-refractivity contribution is 5.74. The van der Waals surface area contributed by atoms with Gasteiger partial charge in [0, 0.05) is 25.1 Å². The number of hydrogen-bond acceptors (Lipinski definition) is 3. The van der Waals surface area contributed by atoms with Crippen molar-refractivity contribution in [1.29, 1.82) is 0 Å². The fourth-order valence-corrected chi connectivity index (χ4v) is 2.29. The molecule has 80 valence electrons. The Balaban J connectivity index is 1.84. The summed E-state index contributed by atoms with van der Waals surface area (Å²) in [7, 11) is 0. The number of urea groups is 1. The SMILES string of the molecule is CCNC(=O)NC1C(N)C2CCOC21. The van der Waals surface area contributed by atoms with E-state index in [0.717, 1.165) is 13.0 Å². The minimum absolute atomic E-state index is 0.00551. The van der Waals surface area contributed by atoms with Crippen LogP contribution in [-0.4, -0.2) is 37.4 Å². The molecule has 4 N–H and O–H groups in total. The number of nitrogens with one attached hydrogen (secondary N) is 2. The molecule has 1 saturated carbocycles. The van der Waals surface area contributed by atoms with Gasteiger partial charge in [-0.2, -0.15) is 0 Å². The molecule has 1 saturated heterocycles. The third-order valence-electron chi connectivity index (χ3n) is 3.08. The van der Waals surface area contributed by atoms with E-state index in [1.54, 1.807) is 0 Å². The van der Waals surface area contributed by atoms with Crippen molar-refractivity contribution in [3.63, 3.8) is 0 Å². The van der Waals surface area contributed by atoms with Gasteiger partial charge in [0.2, 0.25) is 0 Å². The van der Waals surface area contributed by atoms with Crippen LogP contribution in [0.2, 0.25) is 0 Å². The molecule has 0 radical (unpaired) electrons. The van der Waals surface area contributed by atoms with Crippen molar-refractivity contribution in [3.8, 4) is 0 Å². The van der Waals surface area contributed by atoms with E-state index in [4.69, 9.17) is 10.5 Å². The first kappa shape index (κ1) is 9.73. The molecule has 0 aromatic heterocycles. The lowest BCUT2D eigenvalue weighted by Crippen LogP contribution is -2.69. The Bertz CT molecular complexity index is 234. The second-order valence-electron chi connectivity index (χ2n) is 3.89. The summed E-state index contributed by atoms with van der Waals surface area (Å²) in [6.07, 6.45) is 1.17. The smallest absolute Gasteiger partial charge is 0.315 e. The van der Waals surface area contributed by atoms with Crippen molar-refractivity contribution < 1.29 is 9.53 Å². The maximum absolute atomic E-state index is 11.2. The van der Waals surface area contributed by atoms with Crippen LogP contribution in [0.4, 0.5) is 4.79 Å². The van der Waals surface area contributed by atoms with Gasteiger partial charge in [0.15, 0.2) is 0 Å². The zero-order valence-electron chi connectivity index (χ0n) is 8.32. The molecule has 0 aromatic rings. The van der Waals surface area contributed by atoms with Crippen LogP contribution in [0.5, 0.6) is 0 Å². The maximum Gasteiger partial charge on any atom is 0.315 e. The average Bonchev–Trinajstić information content (AvgIpc) is 2.59. The molecule has 0 aromatic carbocycles. The Labute approximate surface area is 83.4 Å². The second kappa shape index (κ2) is 3.74. The van der Waals surface area contributed by atoms with E-state index < -0.39 is 0 Å². The van der Waals surface area contributed by atoms with Gasteiger partial charge in [-0.3, -0.25) is 0 Å². The predicted octanol–water partition coefficient (Wildman–Crippen LogP) is -0.580. The fraction of sp³-hybridized carbons (Fsp3) is 0.889. The van der Waals surface area contributed by atoms with Crippen LogP contribution in [0, 0.1) is 5.92 Å². The van der Waals surface area contributed by atoms with Gasteiger partial charge >= 0.3 is 6.03 Å². The highest BCUT2D eigenvalue weighted by Crippen LogP contribution is 2.37. The molecule has 0 bridgehead atoms. The largest absolute Gasteiger partial charge is 0.376 e. The van der Waals surface area contributed by atoms with Gasteiger partial charge in [-0.25, -0.2) is 4.79 Å². The van der Waals surface area contributed by atoms with Gasteiger partial charge < -0.3 is 21.1 Å². The predicted molar refractivity (Wildman–Crippen MR) is 51.8 cm³/mol. The van der Waals surface area contributed by atoms with Crippen molar-refractivity contribution in [2.24, 2.45) is 11.7 Å². The molecule has 14 heavy (non-hydrogen) atoms. The molecule has 0 spiro atoms. The first-order chi connectivity index (χ1) is 6.74. The van der Waals surface area contributed by atoms with Crippen LogP contribution in [0.15, 0.2) is 0 Å². The van der Waals surface area contributed by atoms with Crippen molar-refractivity contribution in [2.45, 2.75) is 31.5 Å². The lowest BCUT2D eigenvalue weighted by atomic mass is 9.72. The summed E-state index contributed by atoms with van der Waals surface area (Å²) >= 11 is 0. The van der Waals surface area contributed by atoms with Crippen molar-refractivity contribution in [2.75, 3.05) is 13.2 Å². The lowest BCUT2D eigenvalue weighted by molar-refractivity contribution is -0.0134. The van der Waals surface area contributed by atoms with E-state index in [2.05, 4.69) is 10.6 Å². The Morgan fingerprint density at radius 2 is 2.43 bits per heavy atom. The topological polar surface area (TPSA) is 76.4 Å². The van der Waals surface area contributed by atoms with Gasteiger partial charge in [0.25, 0.3) is 0 Å². The summed E-state index contributed by atoms with van der Waals surface area (Å²) in [5, 5.41) is 5.52. The van der Waals surface area contributed by atoms with Gasteiger partial charge in [-0.15, -0.1) is 0 Å². The summed E-state index contributed by atoms with van der Waals surface area (Å²) in [5.74, 6) is 0.446. The first-order valence-corrected chi connectivity index (χ1v) is 5.15. The van der Waals surface area contributed by atoms with Gasteiger partial charge in [-0.1, -0.05) is 0 Å². The zero-order valence-corrected chi connectivity index (χ0v) is 8.32.